The van der Waals surface area contributed by atoms with Gasteiger partial charge in [-0.25, -0.2) is 0 Å². The van der Waals surface area contributed by atoms with Crippen LogP contribution in [0.4, 0.5) is 5.69 Å². The number of carbonyl (C=O) groups is 1. The number of nitrogens with zero attached hydrogens (tertiary/aromatic N) is 1. The van der Waals surface area contributed by atoms with Gasteiger partial charge in [0.05, 0.1) is 22.3 Å². The molecule has 6 nitrogen and oxygen atoms in total. The molecule has 2 aromatic rings. The van der Waals surface area contributed by atoms with Gasteiger partial charge in [0, 0.05) is 19.2 Å². The highest BCUT2D eigenvalue weighted by Crippen LogP contribution is 2.31. The van der Waals surface area contributed by atoms with Gasteiger partial charge in [-0.15, -0.1) is 11.3 Å². The number of H-pyrrole nitrogens is 1. The molecule has 3 heterocycles. The number of anilines is 1. The Morgan fingerprint density at radius 3 is 2.85 bits per heavy atom. The van der Waals surface area contributed by atoms with Crippen LogP contribution in [0.3, 0.4) is 0 Å². The summed E-state index contributed by atoms with van der Waals surface area (Å²) in [5.41, 5.74) is 1.85. The Morgan fingerprint density at radius 2 is 2.12 bits per heavy atom. The largest absolute Gasteiger partial charge is 0.490 e. The maximum Gasteiger partial charge on any atom is 0.266 e. The summed E-state index contributed by atoms with van der Waals surface area (Å²) in [7, 11) is 2.03. The summed E-state index contributed by atoms with van der Waals surface area (Å²) >= 11 is 1.33. The Balaban J connectivity index is 1.79. The number of fused-ring (bicyclic) bond motifs is 1. The zero-order chi connectivity index (χ0) is 18.5. The lowest BCUT2D eigenvalue weighted by Gasteiger charge is -2.27. The Bertz CT molecular complexity index is 1060. The number of hydrogen-bond acceptors (Lipinski definition) is 6. The molecule has 1 aromatic heterocycles. The molecule has 7 heteroatoms. The molecule has 0 atom stereocenters. The molecule has 2 N–H and O–H groups in total. The molecule has 0 amide bonds. The van der Waals surface area contributed by atoms with Gasteiger partial charge in [-0.3, -0.25) is 9.59 Å². The van der Waals surface area contributed by atoms with E-state index in [1.54, 1.807) is 0 Å². The van der Waals surface area contributed by atoms with Crippen LogP contribution >= 0.6 is 11.3 Å². The Labute approximate surface area is 154 Å². The Hall–Kier alpha value is -2.38. The fourth-order valence-corrected chi connectivity index (χ4v) is 4.21. The van der Waals surface area contributed by atoms with Crippen molar-refractivity contribution in [3.05, 3.63) is 43.3 Å². The Kier molecular flexibility index (Phi) is 4.00. The van der Waals surface area contributed by atoms with E-state index in [0.29, 0.717) is 27.9 Å². The Morgan fingerprint density at radius 1 is 1.31 bits per heavy atom. The van der Waals surface area contributed by atoms with Gasteiger partial charge in [0.1, 0.15) is 17.0 Å². The van der Waals surface area contributed by atoms with Crippen molar-refractivity contribution in [1.82, 2.24) is 10.3 Å². The average Bonchev–Trinajstić information content (AvgIpc) is 3.08. The van der Waals surface area contributed by atoms with E-state index in [9.17, 15) is 9.59 Å². The molecule has 0 unspecified atom stereocenters. The molecule has 4 rings (SSSR count). The smallest absolute Gasteiger partial charge is 0.266 e. The van der Waals surface area contributed by atoms with E-state index in [1.807, 2.05) is 45.2 Å². The standard InChI is InChI=1S/C19H21N3O3S/c1-19(2)16(23)12(10-20-19)18-21-17(24)15(26-18)9-11-4-5-14-13(8-11)22(3)6-7-25-14/h4-5,8-9,20H,6-7,10H2,1-3H3,(H,21,24)/b15-9-,18-12+. The second kappa shape index (κ2) is 6.10. The third-order valence-electron chi connectivity index (χ3n) is 4.86. The fourth-order valence-electron chi connectivity index (χ4n) is 3.22. The summed E-state index contributed by atoms with van der Waals surface area (Å²) in [6, 6.07) is 5.89. The zero-order valence-electron chi connectivity index (χ0n) is 15.0. The van der Waals surface area contributed by atoms with Crippen LogP contribution in [0.25, 0.3) is 11.6 Å². The number of Topliss-reactive ketones (excluding diaryl/α,β-unsaturated/α-hetero) is 1. The van der Waals surface area contributed by atoms with Gasteiger partial charge >= 0.3 is 0 Å². The first-order valence-corrected chi connectivity index (χ1v) is 9.39. The van der Waals surface area contributed by atoms with Crippen molar-refractivity contribution < 1.29 is 9.53 Å². The summed E-state index contributed by atoms with van der Waals surface area (Å²) in [5, 5.41) is 3.18. The van der Waals surface area contributed by atoms with E-state index in [2.05, 4.69) is 15.2 Å². The highest BCUT2D eigenvalue weighted by molar-refractivity contribution is 7.07. The van der Waals surface area contributed by atoms with Crippen molar-refractivity contribution in [1.29, 1.82) is 0 Å². The van der Waals surface area contributed by atoms with Gasteiger partial charge in [-0.05, 0) is 37.6 Å². The molecule has 2 aliphatic rings. The minimum Gasteiger partial charge on any atom is -0.490 e. The van der Waals surface area contributed by atoms with Gasteiger partial charge in [-0.1, -0.05) is 6.07 Å². The average molecular weight is 371 g/mol. The molecule has 1 fully saturated rings. The van der Waals surface area contributed by atoms with Gasteiger partial charge in [0.2, 0.25) is 0 Å². The van der Waals surface area contributed by atoms with Crippen LogP contribution in [0.1, 0.15) is 19.4 Å². The minimum absolute atomic E-state index is 0.0362. The molecule has 1 aromatic carbocycles. The predicted octanol–water partition coefficient (Wildman–Crippen LogP) is 0.195. The summed E-state index contributed by atoms with van der Waals surface area (Å²) in [4.78, 5) is 29.8. The van der Waals surface area contributed by atoms with Crippen LogP contribution in [0, 0.1) is 0 Å². The highest BCUT2D eigenvalue weighted by Gasteiger charge is 2.36. The van der Waals surface area contributed by atoms with Crippen molar-refractivity contribution in [2.75, 3.05) is 31.6 Å². The summed E-state index contributed by atoms with van der Waals surface area (Å²) in [5.74, 6) is 0.895. The van der Waals surface area contributed by atoms with E-state index in [-0.39, 0.29) is 11.3 Å². The number of aromatic nitrogens is 1. The topological polar surface area (TPSA) is 74.4 Å². The second-order valence-electron chi connectivity index (χ2n) is 7.18. The fraction of sp³-hybridized carbons (Fsp3) is 0.368. The van der Waals surface area contributed by atoms with Crippen LogP contribution in [-0.4, -0.2) is 43.1 Å². The quantitative estimate of drug-likeness (QED) is 0.749. The van der Waals surface area contributed by atoms with E-state index in [4.69, 9.17) is 4.74 Å². The second-order valence-corrected chi connectivity index (χ2v) is 8.23. The van der Waals surface area contributed by atoms with E-state index in [1.165, 1.54) is 11.3 Å². The van der Waals surface area contributed by atoms with Crippen molar-refractivity contribution in [3.63, 3.8) is 0 Å². The van der Waals surface area contributed by atoms with Crippen LogP contribution in [0.15, 0.2) is 23.0 Å². The monoisotopic (exact) mass is 371 g/mol. The van der Waals surface area contributed by atoms with Crippen LogP contribution in [0.2, 0.25) is 0 Å². The zero-order valence-corrected chi connectivity index (χ0v) is 15.8. The number of rotatable bonds is 1. The molecular formula is C19H21N3O3S. The van der Waals surface area contributed by atoms with Crippen molar-refractivity contribution in [3.8, 4) is 5.75 Å². The molecule has 0 aliphatic carbocycles. The SMILES string of the molecule is CN1CCOc2ccc(/C=c3\s/c(=C4\CNC(C)(C)C4=O)[nH]c3=O)cc21. The predicted molar refractivity (Wildman–Crippen MR) is 103 cm³/mol. The number of likely N-dealkylation sites (N-methyl/N-ethyl adjacent to an activating group) is 1. The first-order chi connectivity index (χ1) is 12.3. The molecule has 26 heavy (non-hydrogen) atoms. The van der Waals surface area contributed by atoms with Crippen molar-refractivity contribution >= 4 is 34.5 Å². The molecule has 0 bridgehead atoms. The number of thiazole rings is 1. The molecular weight excluding hydrogens is 350 g/mol. The van der Waals surface area contributed by atoms with Crippen molar-refractivity contribution in [2.24, 2.45) is 0 Å². The van der Waals surface area contributed by atoms with Crippen LogP contribution in [-0.2, 0) is 4.79 Å². The van der Waals surface area contributed by atoms with Gasteiger partial charge in [0.25, 0.3) is 5.56 Å². The number of ether oxygens (including phenoxy) is 1. The number of benzene rings is 1. The molecule has 0 saturated carbocycles. The number of carbonyl (C=O) groups excluding carboxylic acids is 1. The van der Waals surface area contributed by atoms with Gasteiger partial charge in [-0.2, -0.15) is 0 Å². The lowest BCUT2D eigenvalue weighted by molar-refractivity contribution is -0.117. The normalized spacial score (nSPS) is 21.7. The molecule has 2 aliphatic heterocycles. The number of aromatic amines is 1. The molecule has 0 radical (unpaired) electrons. The molecule has 0 spiro atoms. The van der Waals surface area contributed by atoms with Gasteiger partial charge in [0.15, 0.2) is 5.78 Å². The number of ketones is 1. The number of nitrogens with one attached hydrogen (secondary N) is 2. The lowest BCUT2D eigenvalue weighted by Crippen LogP contribution is -2.38. The van der Waals surface area contributed by atoms with E-state index >= 15 is 0 Å². The van der Waals surface area contributed by atoms with Crippen molar-refractivity contribution in [2.45, 2.75) is 19.4 Å². The lowest BCUT2D eigenvalue weighted by atomic mass is 10.00. The minimum atomic E-state index is -0.580. The van der Waals surface area contributed by atoms with Crippen LogP contribution < -0.4 is 29.7 Å². The third-order valence-corrected chi connectivity index (χ3v) is 5.94. The maximum atomic E-state index is 12.5. The van der Waals surface area contributed by atoms with Gasteiger partial charge < -0.3 is 19.9 Å². The van der Waals surface area contributed by atoms with Crippen LogP contribution in [0.5, 0.6) is 5.75 Å². The summed E-state index contributed by atoms with van der Waals surface area (Å²) in [6.07, 6.45) is 1.86. The summed E-state index contributed by atoms with van der Waals surface area (Å²) in [6.45, 7) is 5.70. The molecule has 1 saturated heterocycles. The highest BCUT2D eigenvalue weighted by atomic mass is 32.1. The first kappa shape index (κ1) is 17.1. The van der Waals surface area contributed by atoms with E-state index in [0.717, 1.165) is 23.5 Å². The van der Waals surface area contributed by atoms with E-state index < -0.39 is 5.54 Å². The first-order valence-electron chi connectivity index (χ1n) is 8.57. The molecule has 136 valence electrons. The number of hydrogen-bond donors (Lipinski definition) is 2. The third kappa shape index (κ3) is 2.87. The summed E-state index contributed by atoms with van der Waals surface area (Å²) < 4.78 is 6.89. The maximum absolute atomic E-state index is 12.5.